The normalized spacial score (nSPS) is 18.8. The molecule has 0 saturated carbocycles. The Morgan fingerprint density at radius 2 is 2.27 bits per heavy atom. The molecule has 1 unspecified atom stereocenters. The molecule has 22 heavy (non-hydrogen) atoms. The molecule has 1 saturated heterocycles. The maximum atomic E-state index is 9.16. The van der Waals surface area contributed by atoms with Crippen LogP contribution in [0.2, 0.25) is 5.28 Å². The summed E-state index contributed by atoms with van der Waals surface area (Å²) in [7, 11) is 1.86. The summed E-state index contributed by atoms with van der Waals surface area (Å²) in [6, 6.07) is 0. The van der Waals surface area contributed by atoms with Crippen LogP contribution in [0.15, 0.2) is 0 Å². The molecular weight excluding hydrogens is 421 g/mol. The number of aliphatic hydroxyl groups is 1. The van der Waals surface area contributed by atoms with Crippen LogP contribution in [-0.4, -0.2) is 51.7 Å². The van der Waals surface area contributed by atoms with Gasteiger partial charge in [0.15, 0.2) is 11.9 Å². The Morgan fingerprint density at radius 1 is 1.45 bits per heavy atom. The molecule has 120 valence electrons. The first-order valence-electron chi connectivity index (χ1n) is 7.16. The molecule has 0 radical (unpaired) electrons. The number of hydrogen-bond acceptors (Lipinski definition) is 6. The first-order chi connectivity index (χ1) is 10.6. The molecule has 1 aliphatic heterocycles. The number of nitrogens with zero attached hydrogens (tertiary/aromatic N) is 5. The number of anilines is 1. The molecule has 1 fully saturated rings. The zero-order valence-electron chi connectivity index (χ0n) is 12.2. The second kappa shape index (κ2) is 6.81. The van der Waals surface area contributed by atoms with Gasteiger partial charge in [-0.25, -0.2) is 4.68 Å². The molecule has 7 nitrogen and oxygen atoms in total. The maximum Gasteiger partial charge on any atom is 0.226 e. The highest BCUT2D eigenvalue weighted by molar-refractivity contribution is 14.1. The topological polar surface area (TPSA) is 76.3 Å². The number of hydrogen-bond donors (Lipinski definition) is 1. The van der Waals surface area contributed by atoms with Crippen molar-refractivity contribution < 1.29 is 9.84 Å². The molecule has 1 atom stereocenters. The van der Waals surface area contributed by atoms with Gasteiger partial charge in [-0.3, -0.25) is 0 Å². The van der Waals surface area contributed by atoms with Crippen molar-refractivity contribution in [1.82, 2.24) is 19.7 Å². The van der Waals surface area contributed by atoms with Crippen LogP contribution >= 0.6 is 34.2 Å². The Morgan fingerprint density at radius 3 is 2.95 bits per heavy atom. The molecule has 3 rings (SSSR count). The van der Waals surface area contributed by atoms with Crippen molar-refractivity contribution in [3.63, 3.8) is 0 Å². The number of halogens is 2. The smallest absolute Gasteiger partial charge is 0.226 e. The third-order valence-corrected chi connectivity index (χ3v) is 4.61. The van der Waals surface area contributed by atoms with Crippen LogP contribution < -0.4 is 4.90 Å². The Kier molecular flexibility index (Phi) is 5.00. The monoisotopic (exact) mass is 437 g/mol. The van der Waals surface area contributed by atoms with Gasteiger partial charge in [-0.2, -0.15) is 15.1 Å². The average Bonchev–Trinajstić information content (AvgIpc) is 2.84. The second-order valence-corrected chi connectivity index (χ2v) is 6.58. The summed E-state index contributed by atoms with van der Waals surface area (Å²) in [5, 5.41) is 14.8. The summed E-state index contributed by atoms with van der Waals surface area (Å²) >= 11 is 8.27. The highest BCUT2D eigenvalue weighted by Gasteiger charge is 2.25. The quantitative estimate of drug-likeness (QED) is 0.584. The van der Waals surface area contributed by atoms with Gasteiger partial charge in [0, 0.05) is 20.2 Å². The van der Waals surface area contributed by atoms with Crippen LogP contribution in [-0.2, 0) is 4.74 Å². The van der Waals surface area contributed by atoms with Crippen LogP contribution in [0.3, 0.4) is 0 Å². The van der Waals surface area contributed by atoms with Gasteiger partial charge in [0.1, 0.15) is 9.52 Å². The van der Waals surface area contributed by atoms with E-state index in [1.165, 1.54) is 0 Å². The summed E-state index contributed by atoms with van der Waals surface area (Å²) in [5.74, 6) is 0.676. The first-order valence-corrected chi connectivity index (χ1v) is 8.62. The van der Waals surface area contributed by atoms with Gasteiger partial charge in [-0.05, 0) is 53.5 Å². The lowest BCUT2D eigenvalue weighted by atomic mass is 10.2. The number of aliphatic hydroxyl groups excluding tert-OH is 1. The van der Waals surface area contributed by atoms with Crippen molar-refractivity contribution in [1.29, 1.82) is 0 Å². The minimum Gasteiger partial charge on any atom is -0.395 e. The molecule has 0 spiro atoms. The standard InChI is InChI=1S/C13H17ClIN5O2/c1-19(5-6-21)11-9-10(15)18-20(8-4-2-3-7-22-8)12(9)17-13(14)16-11/h8,21H,2-7H2,1H3. The van der Waals surface area contributed by atoms with Gasteiger partial charge < -0.3 is 14.7 Å². The molecule has 0 amide bonds. The lowest BCUT2D eigenvalue weighted by Gasteiger charge is -2.23. The van der Waals surface area contributed by atoms with E-state index >= 15 is 0 Å². The Bertz CT molecular complexity index is 674. The molecule has 0 bridgehead atoms. The Labute approximate surface area is 146 Å². The average molecular weight is 438 g/mol. The molecular formula is C13H17ClIN5O2. The highest BCUT2D eigenvalue weighted by atomic mass is 127. The molecule has 0 aliphatic carbocycles. The third kappa shape index (κ3) is 3.01. The number of likely N-dealkylation sites (N-methyl/N-ethyl adjacent to an activating group) is 1. The first kappa shape index (κ1) is 16.2. The van der Waals surface area contributed by atoms with Crippen LogP contribution in [0.25, 0.3) is 11.0 Å². The molecule has 1 aliphatic rings. The van der Waals surface area contributed by atoms with Crippen molar-refractivity contribution in [3.8, 4) is 0 Å². The van der Waals surface area contributed by atoms with Gasteiger partial charge in [-0.1, -0.05) is 0 Å². The predicted molar refractivity (Wildman–Crippen MR) is 92.2 cm³/mol. The van der Waals surface area contributed by atoms with E-state index in [0.29, 0.717) is 18.0 Å². The molecule has 2 aromatic rings. The van der Waals surface area contributed by atoms with Gasteiger partial charge in [0.2, 0.25) is 5.28 Å². The van der Waals surface area contributed by atoms with E-state index in [-0.39, 0.29) is 18.1 Å². The van der Waals surface area contributed by atoms with Crippen LogP contribution in [0, 0.1) is 3.70 Å². The fraction of sp³-hybridized carbons (Fsp3) is 0.615. The minimum atomic E-state index is -0.110. The SMILES string of the molecule is CN(CCO)c1nc(Cl)nc2c1c(I)nn2C1CCCCO1. The predicted octanol–water partition coefficient (Wildman–Crippen LogP) is 2.21. The van der Waals surface area contributed by atoms with Crippen LogP contribution in [0.1, 0.15) is 25.5 Å². The van der Waals surface area contributed by atoms with Gasteiger partial charge in [-0.15, -0.1) is 0 Å². The summed E-state index contributed by atoms with van der Waals surface area (Å²) < 4.78 is 8.42. The van der Waals surface area contributed by atoms with Crippen molar-refractivity contribution in [2.24, 2.45) is 0 Å². The van der Waals surface area contributed by atoms with Crippen molar-refractivity contribution >= 4 is 51.0 Å². The van der Waals surface area contributed by atoms with Crippen molar-refractivity contribution in [2.45, 2.75) is 25.5 Å². The summed E-state index contributed by atoms with van der Waals surface area (Å²) in [6.45, 7) is 1.23. The fourth-order valence-electron chi connectivity index (χ4n) is 2.60. The van der Waals surface area contributed by atoms with E-state index in [4.69, 9.17) is 21.4 Å². The third-order valence-electron chi connectivity index (χ3n) is 3.69. The maximum absolute atomic E-state index is 9.16. The number of rotatable bonds is 4. The fourth-order valence-corrected chi connectivity index (χ4v) is 3.48. The minimum absolute atomic E-state index is 0.0378. The van der Waals surface area contributed by atoms with Gasteiger partial charge >= 0.3 is 0 Å². The van der Waals surface area contributed by atoms with E-state index in [1.54, 1.807) is 4.68 Å². The van der Waals surface area contributed by atoms with Gasteiger partial charge in [0.05, 0.1) is 12.0 Å². The number of fused-ring (bicyclic) bond motifs is 1. The van der Waals surface area contributed by atoms with Crippen LogP contribution in [0.4, 0.5) is 5.82 Å². The summed E-state index contributed by atoms with van der Waals surface area (Å²) in [6.07, 6.45) is 2.99. The lowest BCUT2D eigenvalue weighted by Crippen LogP contribution is -2.23. The van der Waals surface area contributed by atoms with Crippen LogP contribution in [0.5, 0.6) is 0 Å². The number of aromatic nitrogens is 4. The lowest BCUT2D eigenvalue weighted by molar-refractivity contribution is -0.0372. The molecule has 2 aromatic heterocycles. The molecule has 1 N–H and O–H groups in total. The van der Waals surface area contributed by atoms with Crippen molar-refractivity contribution in [2.75, 3.05) is 31.7 Å². The number of ether oxygens (including phenoxy) is 1. The Balaban J connectivity index is 2.12. The largest absolute Gasteiger partial charge is 0.395 e. The van der Waals surface area contributed by atoms with E-state index < -0.39 is 0 Å². The van der Waals surface area contributed by atoms with E-state index in [1.807, 2.05) is 11.9 Å². The zero-order valence-corrected chi connectivity index (χ0v) is 15.1. The molecule has 0 aromatic carbocycles. The highest BCUT2D eigenvalue weighted by Crippen LogP contribution is 2.32. The second-order valence-electron chi connectivity index (χ2n) is 5.22. The van der Waals surface area contributed by atoms with E-state index in [2.05, 4.69) is 37.7 Å². The van der Waals surface area contributed by atoms with Crippen molar-refractivity contribution in [3.05, 3.63) is 8.98 Å². The van der Waals surface area contributed by atoms with E-state index in [0.717, 1.165) is 35.0 Å². The Hall–Kier alpha value is -0.710. The summed E-state index contributed by atoms with van der Waals surface area (Å²) in [4.78, 5) is 10.5. The summed E-state index contributed by atoms with van der Waals surface area (Å²) in [5.41, 5.74) is 0.677. The molecule has 3 heterocycles. The van der Waals surface area contributed by atoms with E-state index in [9.17, 15) is 0 Å². The zero-order chi connectivity index (χ0) is 15.7. The molecule has 9 heteroatoms. The van der Waals surface area contributed by atoms with Gasteiger partial charge in [0.25, 0.3) is 0 Å².